The van der Waals surface area contributed by atoms with Gasteiger partial charge in [0.2, 0.25) is 0 Å². The molecule has 0 fully saturated rings. The van der Waals surface area contributed by atoms with E-state index >= 15 is 0 Å². The highest BCUT2D eigenvalue weighted by Gasteiger charge is 2.29. The Kier molecular flexibility index (Phi) is 4.63. The summed E-state index contributed by atoms with van der Waals surface area (Å²) < 4.78 is 4.70. The number of nitro groups is 1. The molecule has 1 aromatic rings. The molecule has 0 N–H and O–H groups in total. The van der Waals surface area contributed by atoms with E-state index in [4.69, 9.17) is 21.6 Å². The first-order chi connectivity index (χ1) is 8.51. The molecule has 0 unspecified atom stereocenters. The van der Waals surface area contributed by atoms with Gasteiger partial charge in [-0.15, -0.1) is 0 Å². The van der Waals surface area contributed by atoms with E-state index < -0.39 is 16.8 Å². The summed E-state index contributed by atoms with van der Waals surface area (Å²) in [5.41, 5.74) is -0.396. The molecular weight excluding hydrogens is 260 g/mol. The summed E-state index contributed by atoms with van der Waals surface area (Å²) in [4.78, 5) is 21.7. The van der Waals surface area contributed by atoms with Gasteiger partial charge in [-0.1, -0.05) is 11.6 Å². The lowest BCUT2D eigenvalue weighted by Gasteiger charge is -2.09. The van der Waals surface area contributed by atoms with Gasteiger partial charge >= 0.3 is 5.97 Å². The molecule has 0 aliphatic heterocycles. The lowest BCUT2D eigenvalue weighted by Crippen LogP contribution is -2.15. The number of esters is 1. The number of hydrogen-bond acceptors (Lipinski definition) is 5. The highest BCUT2D eigenvalue weighted by Crippen LogP contribution is 2.30. The Morgan fingerprint density at radius 3 is 2.83 bits per heavy atom. The van der Waals surface area contributed by atoms with Crippen molar-refractivity contribution in [3.63, 3.8) is 0 Å². The van der Waals surface area contributed by atoms with Crippen molar-refractivity contribution in [1.29, 1.82) is 5.26 Å². The Hall–Kier alpha value is -2.13. The Morgan fingerprint density at radius 2 is 2.33 bits per heavy atom. The van der Waals surface area contributed by atoms with Crippen molar-refractivity contribution in [3.05, 3.63) is 38.9 Å². The first kappa shape index (κ1) is 13.9. The van der Waals surface area contributed by atoms with Gasteiger partial charge in [0.1, 0.15) is 0 Å². The second-order valence-electron chi connectivity index (χ2n) is 3.27. The molecule has 0 bridgehead atoms. The van der Waals surface area contributed by atoms with Crippen LogP contribution in [0.3, 0.4) is 0 Å². The van der Waals surface area contributed by atoms with E-state index in [-0.39, 0.29) is 22.9 Å². The summed E-state index contributed by atoms with van der Waals surface area (Å²) in [5.74, 6) is -2.19. The minimum atomic E-state index is -1.36. The van der Waals surface area contributed by atoms with Gasteiger partial charge in [-0.25, -0.2) is 0 Å². The van der Waals surface area contributed by atoms with Gasteiger partial charge in [0.15, 0.2) is 5.92 Å². The van der Waals surface area contributed by atoms with Gasteiger partial charge in [0.05, 0.1) is 23.2 Å². The molecule has 1 aromatic carbocycles. The molecule has 0 radical (unpaired) electrons. The molecule has 0 saturated carbocycles. The zero-order valence-corrected chi connectivity index (χ0v) is 10.2. The van der Waals surface area contributed by atoms with E-state index in [0.29, 0.717) is 0 Å². The third kappa shape index (κ3) is 2.96. The number of rotatable bonds is 4. The highest BCUT2D eigenvalue weighted by molar-refractivity contribution is 6.30. The molecule has 0 aliphatic rings. The lowest BCUT2D eigenvalue weighted by atomic mass is 9.99. The predicted octanol–water partition coefficient (Wildman–Crippen LogP) is 2.42. The Bertz CT molecular complexity index is 524. The molecule has 0 aromatic heterocycles. The summed E-state index contributed by atoms with van der Waals surface area (Å²) in [6.45, 7) is 1.67. The van der Waals surface area contributed by atoms with Crippen molar-refractivity contribution >= 4 is 23.3 Å². The maximum absolute atomic E-state index is 11.6. The maximum Gasteiger partial charge on any atom is 0.328 e. The van der Waals surface area contributed by atoms with Crippen LogP contribution >= 0.6 is 11.6 Å². The van der Waals surface area contributed by atoms with E-state index in [1.807, 2.05) is 0 Å². The van der Waals surface area contributed by atoms with Gasteiger partial charge < -0.3 is 4.74 Å². The molecule has 1 rings (SSSR count). The first-order valence-electron chi connectivity index (χ1n) is 5.01. The zero-order chi connectivity index (χ0) is 13.7. The van der Waals surface area contributed by atoms with Crippen molar-refractivity contribution in [2.75, 3.05) is 6.61 Å². The third-order valence-corrected chi connectivity index (χ3v) is 2.38. The number of benzene rings is 1. The van der Waals surface area contributed by atoms with E-state index in [0.717, 1.165) is 6.07 Å². The minimum absolute atomic E-state index is 0.0616. The zero-order valence-electron chi connectivity index (χ0n) is 9.42. The average molecular weight is 269 g/mol. The number of nitrogens with zero attached hydrogens (tertiary/aromatic N) is 2. The summed E-state index contributed by atoms with van der Waals surface area (Å²) in [6, 6.07) is 5.39. The number of carbonyl (C=O) groups is 1. The fourth-order valence-corrected chi connectivity index (χ4v) is 1.58. The van der Waals surface area contributed by atoms with Crippen molar-refractivity contribution in [3.8, 4) is 6.07 Å². The lowest BCUT2D eigenvalue weighted by molar-refractivity contribution is -0.385. The van der Waals surface area contributed by atoms with Crippen molar-refractivity contribution in [2.24, 2.45) is 0 Å². The highest BCUT2D eigenvalue weighted by atomic mass is 35.5. The molecule has 0 heterocycles. The summed E-state index contributed by atoms with van der Waals surface area (Å²) in [7, 11) is 0. The fourth-order valence-electron chi connectivity index (χ4n) is 1.40. The summed E-state index contributed by atoms with van der Waals surface area (Å²) in [5, 5.41) is 20.0. The monoisotopic (exact) mass is 268 g/mol. The number of ether oxygens (including phenoxy) is 1. The van der Waals surface area contributed by atoms with Crippen LogP contribution in [0.25, 0.3) is 0 Å². The van der Waals surface area contributed by atoms with E-state index in [9.17, 15) is 14.9 Å². The van der Waals surface area contributed by atoms with Crippen molar-refractivity contribution < 1.29 is 14.5 Å². The number of halogens is 1. The average Bonchev–Trinajstić information content (AvgIpc) is 2.30. The SMILES string of the molecule is CCOC(=O)[C@@H](C#N)c1cc(Cl)ccc1[N+](=O)[O-]. The van der Waals surface area contributed by atoms with Gasteiger partial charge in [-0.05, 0) is 19.1 Å². The Balaban J connectivity index is 3.28. The molecular formula is C11H9ClN2O4. The van der Waals surface area contributed by atoms with E-state index in [2.05, 4.69) is 0 Å². The molecule has 1 atom stereocenters. The van der Waals surface area contributed by atoms with Crippen LogP contribution < -0.4 is 0 Å². The minimum Gasteiger partial charge on any atom is -0.465 e. The van der Waals surface area contributed by atoms with Crippen LogP contribution in [-0.2, 0) is 9.53 Å². The van der Waals surface area contributed by atoms with Crippen LogP contribution in [0.1, 0.15) is 18.4 Å². The summed E-state index contributed by atoms with van der Waals surface area (Å²) in [6.07, 6.45) is 0. The molecule has 0 saturated heterocycles. The van der Waals surface area contributed by atoms with Crippen LogP contribution in [0, 0.1) is 21.4 Å². The number of nitriles is 1. The smallest absolute Gasteiger partial charge is 0.328 e. The van der Waals surface area contributed by atoms with Crippen LogP contribution in [0.2, 0.25) is 5.02 Å². The van der Waals surface area contributed by atoms with E-state index in [1.165, 1.54) is 12.1 Å². The fraction of sp³-hybridized carbons (Fsp3) is 0.273. The summed E-state index contributed by atoms with van der Waals surface area (Å²) >= 11 is 5.72. The van der Waals surface area contributed by atoms with Crippen LogP contribution in [0.4, 0.5) is 5.69 Å². The topological polar surface area (TPSA) is 93.2 Å². The standard InChI is InChI=1S/C11H9ClN2O4/c1-2-18-11(15)9(6-13)8-5-7(12)3-4-10(8)14(16)17/h3-5,9H,2H2,1H3/t9-/m0/s1. The molecule has 0 spiro atoms. The molecule has 18 heavy (non-hydrogen) atoms. The number of carbonyl (C=O) groups excluding carboxylic acids is 1. The first-order valence-corrected chi connectivity index (χ1v) is 5.39. The molecule has 7 heteroatoms. The van der Waals surface area contributed by atoms with Gasteiger partial charge in [0, 0.05) is 11.1 Å². The molecule has 0 aliphatic carbocycles. The normalized spacial score (nSPS) is 11.4. The molecule has 94 valence electrons. The van der Waals surface area contributed by atoms with Crippen LogP contribution in [0.5, 0.6) is 0 Å². The van der Waals surface area contributed by atoms with Crippen molar-refractivity contribution in [2.45, 2.75) is 12.8 Å². The quantitative estimate of drug-likeness (QED) is 0.475. The Labute approximate surface area is 108 Å². The predicted molar refractivity (Wildman–Crippen MR) is 63.1 cm³/mol. The van der Waals surface area contributed by atoms with Crippen LogP contribution in [-0.4, -0.2) is 17.5 Å². The number of hydrogen-bond donors (Lipinski definition) is 0. The van der Waals surface area contributed by atoms with Crippen LogP contribution in [0.15, 0.2) is 18.2 Å². The van der Waals surface area contributed by atoms with E-state index in [1.54, 1.807) is 13.0 Å². The largest absolute Gasteiger partial charge is 0.465 e. The van der Waals surface area contributed by atoms with Gasteiger partial charge in [-0.2, -0.15) is 5.26 Å². The second kappa shape index (κ2) is 5.98. The third-order valence-electron chi connectivity index (χ3n) is 2.15. The van der Waals surface area contributed by atoms with Gasteiger partial charge in [0.25, 0.3) is 5.69 Å². The molecule has 0 amide bonds. The maximum atomic E-state index is 11.6. The number of nitro benzene ring substituents is 1. The Morgan fingerprint density at radius 1 is 1.67 bits per heavy atom. The van der Waals surface area contributed by atoms with Gasteiger partial charge in [-0.3, -0.25) is 14.9 Å². The second-order valence-corrected chi connectivity index (χ2v) is 3.71. The molecule has 6 nitrogen and oxygen atoms in total. The van der Waals surface area contributed by atoms with Crippen molar-refractivity contribution in [1.82, 2.24) is 0 Å².